The minimum absolute atomic E-state index is 0.257. The third-order valence-electron chi connectivity index (χ3n) is 4.85. The van der Waals surface area contributed by atoms with Crippen LogP contribution in [0.3, 0.4) is 0 Å². The normalized spacial score (nSPS) is 11.8. The lowest BCUT2D eigenvalue weighted by molar-refractivity contribution is -0.123. The van der Waals surface area contributed by atoms with E-state index in [0.29, 0.717) is 33.3 Å². The van der Waals surface area contributed by atoms with E-state index in [1.807, 2.05) is 18.2 Å². The molecular weight excluding hydrogens is 416 g/mol. The van der Waals surface area contributed by atoms with Gasteiger partial charge in [-0.2, -0.15) is 0 Å². The van der Waals surface area contributed by atoms with Crippen molar-refractivity contribution in [1.82, 2.24) is 4.98 Å². The van der Waals surface area contributed by atoms with Gasteiger partial charge in [-0.25, -0.2) is 9.78 Å². The maximum atomic E-state index is 12.8. The van der Waals surface area contributed by atoms with Crippen molar-refractivity contribution in [3.63, 3.8) is 0 Å². The second-order valence-corrected chi connectivity index (χ2v) is 7.39. The summed E-state index contributed by atoms with van der Waals surface area (Å²) >= 11 is 6.09. The second kappa shape index (κ2) is 8.62. The first-order valence-electron chi connectivity index (χ1n) is 9.66. The Kier molecular flexibility index (Phi) is 5.73. The molecule has 0 aliphatic heterocycles. The summed E-state index contributed by atoms with van der Waals surface area (Å²) in [6.45, 7) is 3.31. The zero-order valence-electron chi connectivity index (χ0n) is 16.9. The minimum Gasteiger partial charge on any atom is -0.449 e. The summed E-state index contributed by atoms with van der Waals surface area (Å²) in [7, 11) is 0. The number of carbonyl (C=O) groups excluding carboxylic acids is 2. The van der Waals surface area contributed by atoms with E-state index in [1.54, 1.807) is 55.5 Å². The number of aromatic nitrogens is 1. The quantitative estimate of drug-likeness (QED) is 0.411. The predicted octanol–water partition coefficient (Wildman–Crippen LogP) is 5.64. The molecular formula is C24H19ClN2O4. The first-order chi connectivity index (χ1) is 14.9. The average Bonchev–Trinajstić information content (AvgIpc) is 3.21. The molecule has 0 radical (unpaired) electrons. The largest absolute Gasteiger partial charge is 0.449 e. The number of nitrogens with one attached hydrogen (secondary N) is 1. The molecule has 0 saturated heterocycles. The fraction of sp³-hybridized carbons (Fsp3) is 0.125. The van der Waals surface area contributed by atoms with E-state index in [2.05, 4.69) is 10.3 Å². The Balaban J connectivity index is 1.53. The number of esters is 1. The molecule has 0 fully saturated rings. The molecule has 0 aliphatic carbocycles. The molecule has 1 N–H and O–H groups in total. The van der Waals surface area contributed by atoms with Crippen molar-refractivity contribution >= 4 is 40.3 Å². The van der Waals surface area contributed by atoms with Crippen LogP contribution in [-0.2, 0) is 9.53 Å². The van der Waals surface area contributed by atoms with Gasteiger partial charge in [0.15, 0.2) is 11.7 Å². The maximum Gasteiger partial charge on any atom is 0.339 e. The Morgan fingerprint density at radius 2 is 1.77 bits per heavy atom. The molecule has 0 spiro atoms. The van der Waals surface area contributed by atoms with Crippen molar-refractivity contribution in [2.24, 2.45) is 0 Å². The van der Waals surface area contributed by atoms with Crippen molar-refractivity contribution < 1.29 is 18.7 Å². The van der Waals surface area contributed by atoms with Gasteiger partial charge < -0.3 is 14.5 Å². The average molecular weight is 435 g/mol. The summed E-state index contributed by atoms with van der Waals surface area (Å²) < 4.78 is 11.2. The molecule has 1 aromatic heterocycles. The zero-order valence-corrected chi connectivity index (χ0v) is 17.6. The number of carbonyl (C=O) groups is 2. The van der Waals surface area contributed by atoms with E-state index in [4.69, 9.17) is 20.8 Å². The van der Waals surface area contributed by atoms with Gasteiger partial charge in [0.25, 0.3) is 5.91 Å². The van der Waals surface area contributed by atoms with Crippen LogP contribution >= 0.6 is 11.6 Å². The highest BCUT2D eigenvalue weighted by molar-refractivity contribution is 6.31. The topological polar surface area (TPSA) is 81.4 Å². The molecule has 0 aliphatic rings. The van der Waals surface area contributed by atoms with Crippen LogP contribution in [0.5, 0.6) is 0 Å². The van der Waals surface area contributed by atoms with Crippen molar-refractivity contribution in [1.29, 1.82) is 0 Å². The standard InChI is InChI=1S/C24H19ClN2O4/c1-14-18(25)10-7-12-19(14)26-22(28)15(2)30-24(29)17-9-4-3-8-16(17)23-27-20-11-5-6-13-21(20)31-23/h3-13,15H,1-2H3,(H,26,28). The van der Waals surface area contributed by atoms with Gasteiger partial charge in [-0.1, -0.05) is 41.9 Å². The van der Waals surface area contributed by atoms with Crippen LogP contribution in [0.1, 0.15) is 22.8 Å². The van der Waals surface area contributed by atoms with Gasteiger partial charge in [0.1, 0.15) is 5.52 Å². The zero-order chi connectivity index (χ0) is 22.0. The number of hydrogen-bond donors (Lipinski definition) is 1. The van der Waals surface area contributed by atoms with Crippen LogP contribution in [0.15, 0.2) is 71.1 Å². The van der Waals surface area contributed by atoms with Gasteiger partial charge in [-0.05, 0) is 55.8 Å². The number of nitrogens with zero attached hydrogens (tertiary/aromatic N) is 1. The lowest BCUT2D eigenvalue weighted by Crippen LogP contribution is -2.30. The van der Waals surface area contributed by atoms with Crippen molar-refractivity contribution in [3.05, 3.63) is 82.9 Å². The number of amides is 1. The molecule has 1 unspecified atom stereocenters. The van der Waals surface area contributed by atoms with E-state index in [0.717, 1.165) is 5.56 Å². The SMILES string of the molecule is Cc1c(Cl)cccc1NC(=O)C(C)OC(=O)c1ccccc1-c1nc2ccccc2o1. The Labute approximate surface area is 183 Å². The fourth-order valence-corrected chi connectivity index (χ4v) is 3.26. The Morgan fingerprint density at radius 3 is 2.58 bits per heavy atom. The Bertz CT molecular complexity index is 1250. The number of para-hydroxylation sites is 2. The molecule has 1 heterocycles. The van der Waals surface area contributed by atoms with Crippen molar-refractivity contribution in [2.75, 3.05) is 5.32 Å². The van der Waals surface area contributed by atoms with Crippen LogP contribution in [0.4, 0.5) is 5.69 Å². The smallest absolute Gasteiger partial charge is 0.339 e. The summed E-state index contributed by atoms with van der Waals surface area (Å²) in [6.07, 6.45) is -1.03. The molecule has 7 heteroatoms. The maximum absolute atomic E-state index is 12.8. The second-order valence-electron chi connectivity index (χ2n) is 6.98. The first-order valence-corrected chi connectivity index (χ1v) is 10.0. The number of hydrogen-bond acceptors (Lipinski definition) is 5. The van der Waals surface area contributed by atoms with Gasteiger partial charge >= 0.3 is 5.97 Å². The van der Waals surface area contributed by atoms with E-state index >= 15 is 0 Å². The fourth-order valence-electron chi connectivity index (χ4n) is 3.09. The summed E-state index contributed by atoms with van der Waals surface area (Å²) in [6, 6.07) is 19.4. The number of rotatable bonds is 5. The monoisotopic (exact) mass is 434 g/mol. The molecule has 4 rings (SSSR count). The van der Waals surface area contributed by atoms with Crippen LogP contribution in [0.25, 0.3) is 22.6 Å². The van der Waals surface area contributed by atoms with E-state index in [1.165, 1.54) is 6.92 Å². The summed E-state index contributed by atoms with van der Waals surface area (Å²) in [5.41, 5.74) is 3.34. The molecule has 156 valence electrons. The van der Waals surface area contributed by atoms with Gasteiger partial charge in [0.05, 0.1) is 11.1 Å². The number of anilines is 1. The molecule has 3 aromatic carbocycles. The summed E-state index contributed by atoms with van der Waals surface area (Å²) in [5, 5.41) is 3.28. The number of halogens is 1. The third-order valence-corrected chi connectivity index (χ3v) is 5.26. The van der Waals surface area contributed by atoms with Gasteiger partial charge in [0.2, 0.25) is 5.89 Å². The molecule has 31 heavy (non-hydrogen) atoms. The highest BCUT2D eigenvalue weighted by Crippen LogP contribution is 2.28. The Morgan fingerprint density at radius 1 is 1.03 bits per heavy atom. The number of benzene rings is 3. The van der Waals surface area contributed by atoms with Gasteiger partial charge in [0, 0.05) is 10.7 Å². The summed E-state index contributed by atoms with van der Waals surface area (Å²) in [5.74, 6) is -0.804. The van der Waals surface area contributed by atoms with Crippen LogP contribution < -0.4 is 5.32 Å². The number of fused-ring (bicyclic) bond motifs is 1. The minimum atomic E-state index is -1.03. The molecule has 0 bridgehead atoms. The molecule has 4 aromatic rings. The predicted molar refractivity (Wildman–Crippen MR) is 119 cm³/mol. The lowest BCUT2D eigenvalue weighted by atomic mass is 10.1. The highest BCUT2D eigenvalue weighted by atomic mass is 35.5. The molecule has 1 amide bonds. The van der Waals surface area contributed by atoms with Crippen molar-refractivity contribution in [3.8, 4) is 11.5 Å². The van der Waals surface area contributed by atoms with Gasteiger partial charge in [-0.3, -0.25) is 4.79 Å². The van der Waals surface area contributed by atoms with E-state index < -0.39 is 18.0 Å². The molecule has 0 saturated carbocycles. The van der Waals surface area contributed by atoms with E-state index in [-0.39, 0.29) is 5.56 Å². The van der Waals surface area contributed by atoms with Gasteiger partial charge in [-0.15, -0.1) is 0 Å². The third kappa shape index (κ3) is 4.29. The number of oxazole rings is 1. The highest BCUT2D eigenvalue weighted by Gasteiger charge is 2.23. The van der Waals surface area contributed by atoms with Crippen LogP contribution in [-0.4, -0.2) is 23.0 Å². The lowest BCUT2D eigenvalue weighted by Gasteiger charge is -2.16. The van der Waals surface area contributed by atoms with Crippen LogP contribution in [0.2, 0.25) is 5.02 Å². The molecule has 6 nitrogen and oxygen atoms in total. The number of ether oxygens (including phenoxy) is 1. The van der Waals surface area contributed by atoms with E-state index in [9.17, 15) is 9.59 Å². The Hall–Kier alpha value is -3.64. The van der Waals surface area contributed by atoms with Crippen LogP contribution in [0, 0.1) is 6.92 Å². The van der Waals surface area contributed by atoms with Crippen molar-refractivity contribution in [2.45, 2.75) is 20.0 Å². The molecule has 1 atom stereocenters. The first kappa shape index (κ1) is 20.6. The summed E-state index contributed by atoms with van der Waals surface area (Å²) in [4.78, 5) is 29.9.